The first-order chi connectivity index (χ1) is 9.06. The highest BCUT2D eigenvalue weighted by atomic mass is 79.9. The summed E-state index contributed by atoms with van der Waals surface area (Å²) in [5.41, 5.74) is 1.36. The molecule has 0 bridgehead atoms. The number of hydrogen-bond acceptors (Lipinski definition) is 2. The van der Waals surface area contributed by atoms with Crippen molar-refractivity contribution in [3.63, 3.8) is 0 Å². The molecule has 2 aromatic carbocycles. The van der Waals surface area contributed by atoms with Gasteiger partial charge in [0.25, 0.3) is 0 Å². The number of carboxylic acid groups (broad SMARTS) is 1. The zero-order valence-electron chi connectivity index (χ0n) is 9.86. The minimum absolute atomic E-state index is 0.217. The monoisotopic (exact) mass is 323 g/mol. The summed E-state index contributed by atoms with van der Waals surface area (Å²) in [5.74, 6) is -1.33. The average molecular weight is 324 g/mol. The van der Waals surface area contributed by atoms with Crippen LogP contribution in [0.5, 0.6) is 0 Å². The predicted molar refractivity (Wildman–Crippen MR) is 74.8 cm³/mol. The Morgan fingerprint density at radius 2 is 2.05 bits per heavy atom. The first-order valence-electron chi connectivity index (χ1n) is 5.57. The third-order valence-electron chi connectivity index (χ3n) is 2.59. The lowest BCUT2D eigenvalue weighted by Gasteiger charge is -2.08. The Hall–Kier alpha value is -1.88. The average Bonchev–Trinajstić information content (AvgIpc) is 2.40. The number of halogens is 2. The maximum Gasteiger partial charge on any atom is 0.335 e. The van der Waals surface area contributed by atoms with Crippen LogP contribution in [0.15, 0.2) is 46.9 Å². The van der Waals surface area contributed by atoms with E-state index in [0.717, 1.165) is 10.0 Å². The summed E-state index contributed by atoms with van der Waals surface area (Å²) in [4.78, 5) is 10.8. The van der Waals surface area contributed by atoms with Crippen LogP contribution in [0.25, 0.3) is 0 Å². The molecule has 0 amide bonds. The number of hydrogen-bond donors (Lipinski definition) is 2. The second-order valence-electron chi connectivity index (χ2n) is 3.98. The van der Waals surface area contributed by atoms with Crippen LogP contribution < -0.4 is 5.32 Å². The molecule has 0 aliphatic heterocycles. The van der Waals surface area contributed by atoms with Crippen molar-refractivity contribution in [2.24, 2.45) is 0 Å². The Kier molecular flexibility index (Phi) is 4.16. The lowest BCUT2D eigenvalue weighted by Crippen LogP contribution is -2.03. The lowest BCUT2D eigenvalue weighted by molar-refractivity contribution is 0.0697. The van der Waals surface area contributed by atoms with Gasteiger partial charge in [-0.2, -0.15) is 0 Å². The zero-order valence-corrected chi connectivity index (χ0v) is 11.4. The molecule has 0 saturated carbocycles. The highest BCUT2D eigenvalue weighted by molar-refractivity contribution is 9.10. The van der Waals surface area contributed by atoms with Crippen LogP contribution in [0.4, 0.5) is 10.1 Å². The number of nitrogens with one attached hydrogen (secondary N) is 1. The number of rotatable bonds is 4. The Labute approximate surface area is 118 Å². The Morgan fingerprint density at radius 3 is 2.79 bits per heavy atom. The van der Waals surface area contributed by atoms with Crippen LogP contribution in [-0.4, -0.2) is 11.1 Å². The number of benzene rings is 2. The van der Waals surface area contributed by atoms with E-state index in [-0.39, 0.29) is 11.4 Å². The quantitative estimate of drug-likeness (QED) is 0.897. The van der Waals surface area contributed by atoms with Gasteiger partial charge in [0.05, 0.1) is 11.3 Å². The molecule has 3 nitrogen and oxygen atoms in total. The fourth-order valence-corrected chi connectivity index (χ4v) is 2.01. The zero-order chi connectivity index (χ0) is 13.8. The molecule has 98 valence electrons. The lowest BCUT2D eigenvalue weighted by atomic mass is 10.1. The topological polar surface area (TPSA) is 49.3 Å². The molecular formula is C14H11BrFNO2. The maximum absolute atomic E-state index is 13.5. The molecule has 0 spiro atoms. The van der Waals surface area contributed by atoms with E-state index in [9.17, 15) is 9.18 Å². The van der Waals surface area contributed by atoms with Crippen molar-refractivity contribution < 1.29 is 14.3 Å². The van der Waals surface area contributed by atoms with Crippen molar-refractivity contribution in [1.29, 1.82) is 0 Å². The first kappa shape index (κ1) is 13.5. The van der Waals surface area contributed by atoms with Crippen LogP contribution in [-0.2, 0) is 6.54 Å². The molecule has 2 N–H and O–H groups in total. The SMILES string of the molecule is O=C(O)c1cccc(CNc2cc(Br)ccc2F)c1. The summed E-state index contributed by atoms with van der Waals surface area (Å²) in [7, 11) is 0. The van der Waals surface area contributed by atoms with Gasteiger partial charge in [-0.1, -0.05) is 28.1 Å². The van der Waals surface area contributed by atoms with Crippen molar-refractivity contribution in [3.8, 4) is 0 Å². The van der Waals surface area contributed by atoms with Crippen LogP contribution in [0, 0.1) is 5.82 Å². The molecule has 0 atom stereocenters. The van der Waals surface area contributed by atoms with E-state index >= 15 is 0 Å². The molecule has 2 aromatic rings. The normalized spacial score (nSPS) is 10.2. The van der Waals surface area contributed by atoms with Gasteiger partial charge < -0.3 is 10.4 Å². The third-order valence-corrected chi connectivity index (χ3v) is 3.08. The van der Waals surface area contributed by atoms with E-state index in [1.807, 2.05) is 0 Å². The van der Waals surface area contributed by atoms with Crippen LogP contribution in [0.2, 0.25) is 0 Å². The predicted octanol–water partition coefficient (Wildman–Crippen LogP) is 3.90. The number of anilines is 1. The van der Waals surface area contributed by atoms with Crippen molar-refractivity contribution in [2.45, 2.75) is 6.54 Å². The Bertz CT molecular complexity index is 616. The summed E-state index contributed by atoms with van der Waals surface area (Å²) in [6.07, 6.45) is 0. The van der Waals surface area contributed by atoms with Crippen molar-refractivity contribution in [2.75, 3.05) is 5.32 Å². The molecular weight excluding hydrogens is 313 g/mol. The number of carbonyl (C=O) groups is 1. The van der Waals surface area contributed by atoms with Gasteiger partial charge in [0.15, 0.2) is 0 Å². The second-order valence-corrected chi connectivity index (χ2v) is 4.90. The van der Waals surface area contributed by atoms with Crippen molar-refractivity contribution >= 4 is 27.6 Å². The standard InChI is InChI=1S/C14H11BrFNO2/c15-11-4-5-12(16)13(7-11)17-8-9-2-1-3-10(6-9)14(18)19/h1-7,17H,8H2,(H,18,19). The minimum atomic E-state index is -0.976. The summed E-state index contributed by atoms with van der Waals surface area (Å²) < 4.78 is 14.3. The highest BCUT2D eigenvalue weighted by Crippen LogP contribution is 2.20. The molecule has 0 radical (unpaired) electrons. The van der Waals surface area contributed by atoms with Gasteiger partial charge in [0.1, 0.15) is 5.82 Å². The molecule has 0 aromatic heterocycles. The molecule has 19 heavy (non-hydrogen) atoms. The molecule has 0 unspecified atom stereocenters. The molecule has 2 rings (SSSR count). The largest absolute Gasteiger partial charge is 0.478 e. The summed E-state index contributed by atoms with van der Waals surface area (Å²) in [6, 6.07) is 11.1. The maximum atomic E-state index is 13.5. The molecule has 0 aliphatic carbocycles. The van der Waals surface area contributed by atoms with E-state index in [4.69, 9.17) is 5.11 Å². The number of carboxylic acids is 1. The second kappa shape index (κ2) is 5.84. The van der Waals surface area contributed by atoms with E-state index in [1.165, 1.54) is 12.1 Å². The van der Waals surface area contributed by atoms with Crippen LogP contribution in [0.1, 0.15) is 15.9 Å². The van der Waals surface area contributed by atoms with Gasteiger partial charge in [-0.15, -0.1) is 0 Å². The van der Waals surface area contributed by atoms with Crippen molar-refractivity contribution in [3.05, 3.63) is 63.9 Å². The highest BCUT2D eigenvalue weighted by Gasteiger charge is 2.05. The summed E-state index contributed by atoms with van der Waals surface area (Å²) >= 11 is 3.27. The van der Waals surface area contributed by atoms with Gasteiger partial charge in [0.2, 0.25) is 0 Å². The molecule has 0 heterocycles. The molecule has 0 fully saturated rings. The number of aromatic carboxylic acids is 1. The fraction of sp³-hybridized carbons (Fsp3) is 0.0714. The minimum Gasteiger partial charge on any atom is -0.478 e. The van der Waals surface area contributed by atoms with Gasteiger partial charge in [-0.05, 0) is 35.9 Å². The van der Waals surface area contributed by atoms with Gasteiger partial charge in [0, 0.05) is 11.0 Å². The van der Waals surface area contributed by atoms with E-state index in [2.05, 4.69) is 21.2 Å². The summed E-state index contributed by atoms with van der Waals surface area (Å²) in [5, 5.41) is 11.8. The van der Waals surface area contributed by atoms with E-state index in [1.54, 1.807) is 30.3 Å². The van der Waals surface area contributed by atoms with Crippen molar-refractivity contribution in [1.82, 2.24) is 0 Å². The van der Waals surface area contributed by atoms with E-state index in [0.29, 0.717) is 12.2 Å². The third kappa shape index (κ3) is 3.54. The van der Waals surface area contributed by atoms with Crippen LogP contribution in [0.3, 0.4) is 0 Å². The fourth-order valence-electron chi connectivity index (χ4n) is 1.64. The molecule has 0 aliphatic rings. The van der Waals surface area contributed by atoms with Gasteiger partial charge in [-0.3, -0.25) is 0 Å². The van der Waals surface area contributed by atoms with Gasteiger partial charge >= 0.3 is 5.97 Å². The van der Waals surface area contributed by atoms with Crippen LogP contribution >= 0.6 is 15.9 Å². The smallest absolute Gasteiger partial charge is 0.335 e. The Morgan fingerprint density at radius 1 is 1.26 bits per heavy atom. The first-order valence-corrected chi connectivity index (χ1v) is 6.37. The van der Waals surface area contributed by atoms with Gasteiger partial charge in [-0.25, -0.2) is 9.18 Å². The molecule has 5 heteroatoms. The summed E-state index contributed by atoms with van der Waals surface area (Å²) in [6.45, 7) is 0.356. The Balaban J connectivity index is 2.12. The van der Waals surface area contributed by atoms with E-state index < -0.39 is 5.97 Å². The molecule has 0 saturated heterocycles.